The second kappa shape index (κ2) is 7.61. The Labute approximate surface area is 114 Å². The highest BCUT2D eigenvalue weighted by atomic mass is 35.5. The van der Waals surface area contributed by atoms with E-state index >= 15 is 0 Å². The molecule has 0 aliphatic heterocycles. The third kappa shape index (κ3) is 5.00. The number of rotatable bonds is 6. The molecule has 17 heavy (non-hydrogen) atoms. The van der Waals surface area contributed by atoms with E-state index in [4.69, 9.17) is 29.6 Å². The summed E-state index contributed by atoms with van der Waals surface area (Å²) in [5, 5.41) is 4.88. The minimum atomic E-state index is 0.201. The Kier molecular flexibility index (Phi) is 6.44. The molecule has 1 unspecified atom stereocenters. The molecule has 0 radical (unpaired) electrons. The van der Waals surface area contributed by atoms with Crippen LogP contribution in [0.25, 0.3) is 0 Å². The lowest BCUT2D eigenvalue weighted by atomic mass is 10.1. The lowest BCUT2D eigenvalue weighted by Gasteiger charge is -2.15. The zero-order valence-corrected chi connectivity index (χ0v) is 11.5. The molecule has 0 spiro atoms. The van der Waals surface area contributed by atoms with Gasteiger partial charge < -0.3 is 5.32 Å². The van der Waals surface area contributed by atoms with Gasteiger partial charge in [-0.3, -0.25) is 0 Å². The van der Waals surface area contributed by atoms with Crippen LogP contribution in [-0.4, -0.2) is 6.54 Å². The lowest BCUT2D eigenvalue weighted by molar-refractivity contribution is 0.549. The SMILES string of the molecule is C#CCCCCNC(C)c1cc(Cl)ccc1Cl. The average Bonchev–Trinajstić information content (AvgIpc) is 2.32. The first-order valence-corrected chi connectivity index (χ1v) is 6.52. The van der Waals surface area contributed by atoms with Crippen LogP contribution in [0, 0.1) is 12.3 Å². The van der Waals surface area contributed by atoms with Gasteiger partial charge in [-0.1, -0.05) is 23.2 Å². The van der Waals surface area contributed by atoms with Gasteiger partial charge in [0.2, 0.25) is 0 Å². The van der Waals surface area contributed by atoms with Crippen LogP contribution in [0.2, 0.25) is 10.0 Å². The largest absolute Gasteiger partial charge is 0.310 e. The van der Waals surface area contributed by atoms with Crippen LogP contribution in [0.15, 0.2) is 18.2 Å². The van der Waals surface area contributed by atoms with E-state index < -0.39 is 0 Å². The normalized spacial score (nSPS) is 12.1. The van der Waals surface area contributed by atoms with E-state index in [2.05, 4.69) is 18.2 Å². The van der Waals surface area contributed by atoms with Gasteiger partial charge in [-0.25, -0.2) is 0 Å². The topological polar surface area (TPSA) is 12.0 Å². The van der Waals surface area contributed by atoms with Gasteiger partial charge in [-0.15, -0.1) is 12.3 Å². The van der Waals surface area contributed by atoms with Crippen LogP contribution < -0.4 is 5.32 Å². The second-order valence-electron chi connectivity index (χ2n) is 4.00. The molecule has 1 atom stereocenters. The Morgan fingerprint density at radius 3 is 2.82 bits per heavy atom. The minimum Gasteiger partial charge on any atom is -0.310 e. The van der Waals surface area contributed by atoms with Crippen LogP contribution in [0.5, 0.6) is 0 Å². The Hall–Kier alpha value is -0.680. The summed E-state index contributed by atoms with van der Waals surface area (Å²) >= 11 is 12.1. The van der Waals surface area contributed by atoms with Crippen molar-refractivity contribution in [2.75, 3.05) is 6.54 Å². The summed E-state index contributed by atoms with van der Waals surface area (Å²) in [6.45, 7) is 3.02. The maximum absolute atomic E-state index is 6.13. The summed E-state index contributed by atoms with van der Waals surface area (Å²) in [4.78, 5) is 0. The molecule has 1 nitrogen and oxygen atoms in total. The maximum atomic E-state index is 6.13. The van der Waals surface area contributed by atoms with E-state index in [1.807, 2.05) is 12.1 Å². The second-order valence-corrected chi connectivity index (χ2v) is 4.85. The van der Waals surface area contributed by atoms with Crippen molar-refractivity contribution in [3.63, 3.8) is 0 Å². The van der Waals surface area contributed by atoms with E-state index in [9.17, 15) is 0 Å². The lowest BCUT2D eigenvalue weighted by Crippen LogP contribution is -2.20. The summed E-state index contributed by atoms with van der Waals surface area (Å²) in [6, 6.07) is 5.73. The number of halogens is 2. The van der Waals surface area contributed by atoms with Gasteiger partial charge in [0.05, 0.1) is 0 Å². The molecule has 0 bridgehead atoms. The van der Waals surface area contributed by atoms with E-state index in [1.54, 1.807) is 6.07 Å². The Morgan fingerprint density at radius 1 is 1.35 bits per heavy atom. The van der Waals surface area contributed by atoms with Gasteiger partial charge in [0.1, 0.15) is 0 Å². The molecule has 0 heterocycles. The van der Waals surface area contributed by atoms with E-state index in [0.717, 1.165) is 36.4 Å². The van der Waals surface area contributed by atoms with Gasteiger partial charge in [-0.2, -0.15) is 0 Å². The van der Waals surface area contributed by atoms with Crippen molar-refractivity contribution >= 4 is 23.2 Å². The molecule has 0 amide bonds. The van der Waals surface area contributed by atoms with Crippen LogP contribution in [-0.2, 0) is 0 Å². The highest BCUT2D eigenvalue weighted by molar-refractivity contribution is 6.33. The van der Waals surface area contributed by atoms with E-state index in [1.165, 1.54) is 0 Å². The zero-order chi connectivity index (χ0) is 12.7. The molecule has 1 aromatic carbocycles. The number of hydrogen-bond acceptors (Lipinski definition) is 1. The summed E-state index contributed by atoms with van der Waals surface area (Å²) < 4.78 is 0. The molecule has 0 saturated heterocycles. The van der Waals surface area contributed by atoms with Crippen molar-refractivity contribution in [2.24, 2.45) is 0 Å². The van der Waals surface area contributed by atoms with Gasteiger partial charge in [0.25, 0.3) is 0 Å². The van der Waals surface area contributed by atoms with Crippen molar-refractivity contribution in [3.8, 4) is 12.3 Å². The van der Waals surface area contributed by atoms with Crippen molar-refractivity contribution in [2.45, 2.75) is 32.2 Å². The number of terminal acetylenes is 1. The monoisotopic (exact) mass is 269 g/mol. The first kappa shape index (κ1) is 14.4. The molecule has 3 heteroatoms. The molecule has 92 valence electrons. The number of nitrogens with one attached hydrogen (secondary N) is 1. The molecule has 1 rings (SSSR count). The van der Waals surface area contributed by atoms with Crippen molar-refractivity contribution in [3.05, 3.63) is 33.8 Å². The first-order chi connectivity index (χ1) is 8.15. The molecule has 1 aromatic rings. The number of hydrogen-bond donors (Lipinski definition) is 1. The van der Waals surface area contributed by atoms with Crippen molar-refractivity contribution in [1.29, 1.82) is 0 Å². The van der Waals surface area contributed by atoms with E-state index in [0.29, 0.717) is 5.02 Å². The maximum Gasteiger partial charge on any atom is 0.0454 e. The fraction of sp³-hybridized carbons (Fsp3) is 0.429. The van der Waals surface area contributed by atoms with Crippen LogP contribution in [0.4, 0.5) is 0 Å². The molecule has 1 N–H and O–H groups in total. The fourth-order valence-electron chi connectivity index (χ4n) is 1.63. The molecular formula is C14H17Cl2N. The Bertz CT molecular complexity index is 396. The van der Waals surface area contributed by atoms with Crippen molar-refractivity contribution in [1.82, 2.24) is 5.32 Å². The highest BCUT2D eigenvalue weighted by Gasteiger charge is 2.09. The third-order valence-corrected chi connectivity index (χ3v) is 3.20. The van der Waals surface area contributed by atoms with Crippen molar-refractivity contribution < 1.29 is 0 Å². The predicted molar refractivity (Wildman–Crippen MR) is 75.6 cm³/mol. The standard InChI is InChI=1S/C14H17Cl2N/c1-3-4-5-6-9-17-11(2)13-10-12(15)7-8-14(13)16/h1,7-8,10-11,17H,4-6,9H2,2H3. The first-order valence-electron chi connectivity index (χ1n) is 5.77. The minimum absolute atomic E-state index is 0.201. The molecule has 0 fully saturated rings. The summed E-state index contributed by atoms with van der Waals surface area (Å²) in [5.74, 6) is 2.64. The van der Waals surface area contributed by atoms with Gasteiger partial charge in [-0.05, 0) is 50.1 Å². The van der Waals surface area contributed by atoms with Gasteiger partial charge in [0, 0.05) is 22.5 Å². The van der Waals surface area contributed by atoms with Crippen LogP contribution in [0.1, 0.15) is 37.8 Å². The molecule has 0 aromatic heterocycles. The van der Waals surface area contributed by atoms with Crippen LogP contribution in [0.3, 0.4) is 0 Å². The third-order valence-electron chi connectivity index (χ3n) is 2.62. The highest BCUT2D eigenvalue weighted by Crippen LogP contribution is 2.26. The van der Waals surface area contributed by atoms with E-state index in [-0.39, 0.29) is 6.04 Å². The molecular weight excluding hydrogens is 253 g/mol. The van der Waals surface area contributed by atoms with Gasteiger partial charge in [0.15, 0.2) is 0 Å². The van der Waals surface area contributed by atoms with Gasteiger partial charge >= 0.3 is 0 Å². The fourth-order valence-corrected chi connectivity index (χ4v) is 2.09. The Morgan fingerprint density at radius 2 is 2.12 bits per heavy atom. The number of unbranched alkanes of at least 4 members (excludes halogenated alkanes) is 2. The average molecular weight is 270 g/mol. The Balaban J connectivity index is 2.44. The van der Waals surface area contributed by atoms with Crippen LogP contribution >= 0.6 is 23.2 Å². The number of benzene rings is 1. The quantitative estimate of drug-likeness (QED) is 0.595. The zero-order valence-electron chi connectivity index (χ0n) is 9.97. The summed E-state index contributed by atoms with van der Waals surface area (Å²) in [7, 11) is 0. The molecule has 0 aliphatic carbocycles. The summed E-state index contributed by atoms with van der Waals surface area (Å²) in [5.41, 5.74) is 1.04. The summed E-state index contributed by atoms with van der Waals surface area (Å²) in [6.07, 6.45) is 8.17. The predicted octanol–water partition coefficient (Wildman–Crippen LogP) is 4.45. The molecule has 0 aliphatic rings. The smallest absolute Gasteiger partial charge is 0.0454 e. The molecule has 0 saturated carbocycles.